The molecule has 2 aromatic rings. The maximum absolute atomic E-state index is 12.6. The van der Waals surface area contributed by atoms with E-state index in [2.05, 4.69) is 5.32 Å². The third-order valence-electron chi connectivity index (χ3n) is 2.85. The quantitative estimate of drug-likeness (QED) is 0.884. The van der Waals surface area contributed by atoms with Crippen molar-refractivity contribution in [1.29, 1.82) is 0 Å². The molecular weight excluding hydrogens is 287 g/mol. The van der Waals surface area contributed by atoms with Crippen LogP contribution in [0, 0.1) is 0 Å². The van der Waals surface area contributed by atoms with Crippen LogP contribution in [0.3, 0.4) is 0 Å². The Bertz CT molecular complexity index is 540. The van der Waals surface area contributed by atoms with E-state index in [1.807, 2.05) is 16.8 Å². The van der Waals surface area contributed by atoms with Gasteiger partial charge in [0.05, 0.1) is 11.7 Å². The molecule has 20 heavy (non-hydrogen) atoms. The molecule has 0 spiro atoms. The van der Waals surface area contributed by atoms with E-state index >= 15 is 0 Å². The molecule has 2 N–H and O–H groups in total. The molecule has 0 saturated heterocycles. The van der Waals surface area contributed by atoms with E-state index in [1.165, 1.54) is 12.1 Å². The van der Waals surface area contributed by atoms with Crippen molar-refractivity contribution >= 4 is 11.3 Å². The molecule has 6 heteroatoms. The Morgan fingerprint density at radius 2 is 2.05 bits per heavy atom. The number of hydrogen-bond donors (Lipinski definition) is 2. The number of thiophene rings is 1. The van der Waals surface area contributed by atoms with Gasteiger partial charge in [-0.05, 0) is 40.1 Å². The Morgan fingerprint density at radius 1 is 1.25 bits per heavy atom. The Balaban J connectivity index is 1.93. The van der Waals surface area contributed by atoms with Gasteiger partial charge < -0.3 is 10.4 Å². The molecule has 1 heterocycles. The Kier molecular flexibility index (Phi) is 4.80. The molecule has 0 fully saturated rings. The lowest BCUT2D eigenvalue weighted by molar-refractivity contribution is -0.137. The first-order chi connectivity index (χ1) is 9.47. The molecule has 0 aliphatic heterocycles. The van der Waals surface area contributed by atoms with Gasteiger partial charge in [0.1, 0.15) is 0 Å². The van der Waals surface area contributed by atoms with Crippen molar-refractivity contribution < 1.29 is 18.3 Å². The van der Waals surface area contributed by atoms with Crippen LogP contribution in [-0.2, 0) is 12.7 Å². The minimum Gasteiger partial charge on any atom is -0.387 e. The highest BCUT2D eigenvalue weighted by Crippen LogP contribution is 2.30. The van der Waals surface area contributed by atoms with Crippen LogP contribution in [0.5, 0.6) is 0 Å². The molecule has 0 amide bonds. The first-order valence-electron chi connectivity index (χ1n) is 6.04. The molecule has 108 valence electrons. The van der Waals surface area contributed by atoms with Crippen LogP contribution in [0.25, 0.3) is 0 Å². The highest BCUT2D eigenvalue weighted by atomic mass is 32.1. The number of benzene rings is 1. The first-order valence-corrected chi connectivity index (χ1v) is 6.98. The summed E-state index contributed by atoms with van der Waals surface area (Å²) in [4.78, 5) is 0. The normalized spacial score (nSPS) is 13.4. The minimum absolute atomic E-state index is 0.206. The van der Waals surface area contributed by atoms with Gasteiger partial charge in [-0.3, -0.25) is 0 Å². The van der Waals surface area contributed by atoms with Crippen molar-refractivity contribution in [2.75, 3.05) is 6.54 Å². The van der Waals surface area contributed by atoms with Gasteiger partial charge in [0.2, 0.25) is 0 Å². The van der Waals surface area contributed by atoms with Gasteiger partial charge in [-0.1, -0.05) is 12.1 Å². The molecule has 0 aliphatic carbocycles. The van der Waals surface area contributed by atoms with Crippen LogP contribution in [0.15, 0.2) is 41.1 Å². The average molecular weight is 301 g/mol. The van der Waals surface area contributed by atoms with Crippen LogP contribution < -0.4 is 5.32 Å². The molecule has 2 nitrogen and oxygen atoms in total. The van der Waals surface area contributed by atoms with Gasteiger partial charge >= 0.3 is 6.18 Å². The smallest absolute Gasteiger partial charge is 0.387 e. The Hall–Kier alpha value is -1.37. The molecule has 1 atom stereocenters. The standard InChI is InChI=1S/C14H14F3NOS/c15-14(16,17)12-3-1-2-11(6-12)13(19)8-18-7-10-4-5-20-9-10/h1-6,9,13,18-19H,7-8H2. The number of rotatable bonds is 5. The monoisotopic (exact) mass is 301 g/mol. The second-order valence-electron chi connectivity index (χ2n) is 4.40. The molecule has 0 radical (unpaired) electrons. The van der Waals surface area contributed by atoms with Crippen LogP contribution in [0.1, 0.15) is 22.8 Å². The number of aliphatic hydroxyl groups excluding tert-OH is 1. The van der Waals surface area contributed by atoms with Gasteiger partial charge in [-0.2, -0.15) is 24.5 Å². The van der Waals surface area contributed by atoms with E-state index in [0.717, 1.165) is 17.7 Å². The zero-order valence-corrected chi connectivity index (χ0v) is 11.3. The summed E-state index contributed by atoms with van der Waals surface area (Å²) in [5.41, 5.74) is 0.607. The van der Waals surface area contributed by atoms with Gasteiger partial charge in [0.25, 0.3) is 0 Å². The number of nitrogens with one attached hydrogen (secondary N) is 1. The zero-order chi connectivity index (χ0) is 14.6. The predicted molar refractivity (Wildman–Crippen MR) is 72.4 cm³/mol. The van der Waals surface area contributed by atoms with Crippen LogP contribution in [-0.4, -0.2) is 11.7 Å². The van der Waals surface area contributed by atoms with Crippen molar-refractivity contribution in [3.05, 3.63) is 57.8 Å². The van der Waals surface area contributed by atoms with E-state index in [-0.39, 0.29) is 12.1 Å². The van der Waals surface area contributed by atoms with Gasteiger partial charge in [0.15, 0.2) is 0 Å². The number of hydrogen-bond acceptors (Lipinski definition) is 3. The van der Waals surface area contributed by atoms with E-state index < -0.39 is 17.8 Å². The van der Waals surface area contributed by atoms with Crippen LogP contribution in [0.2, 0.25) is 0 Å². The van der Waals surface area contributed by atoms with Gasteiger partial charge in [0, 0.05) is 13.1 Å². The van der Waals surface area contributed by atoms with Crippen molar-refractivity contribution in [3.63, 3.8) is 0 Å². The first kappa shape index (κ1) is 15.0. The zero-order valence-electron chi connectivity index (χ0n) is 10.5. The van der Waals surface area contributed by atoms with Gasteiger partial charge in [-0.15, -0.1) is 0 Å². The van der Waals surface area contributed by atoms with E-state index in [0.29, 0.717) is 6.54 Å². The largest absolute Gasteiger partial charge is 0.416 e. The summed E-state index contributed by atoms with van der Waals surface area (Å²) in [5.74, 6) is 0. The summed E-state index contributed by atoms with van der Waals surface area (Å²) < 4.78 is 37.7. The number of aliphatic hydroxyl groups is 1. The summed E-state index contributed by atoms with van der Waals surface area (Å²) in [6, 6.07) is 6.73. The fourth-order valence-electron chi connectivity index (χ4n) is 1.79. The lowest BCUT2D eigenvalue weighted by atomic mass is 10.1. The predicted octanol–water partition coefficient (Wildman–Crippen LogP) is 3.59. The summed E-state index contributed by atoms with van der Waals surface area (Å²) >= 11 is 1.57. The average Bonchev–Trinajstić information content (AvgIpc) is 2.91. The fourth-order valence-corrected chi connectivity index (χ4v) is 2.46. The SMILES string of the molecule is OC(CNCc1ccsc1)c1cccc(C(F)(F)F)c1. The molecule has 0 saturated carbocycles. The second-order valence-corrected chi connectivity index (χ2v) is 5.18. The highest BCUT2D eigenvalue weighted by Gasteiger charge is 2.30. The second kappa shape index (κ2) is 6.39. The molecule has 0 aliphatic rings. The fraction of sp³-hybridized carbons (Fsp3) is 0.286. The molecule has 1 aromatic heterocycles. The van der Waals surface area contributed by atoms with E-state index in [1.54, 1.807) is 11.3 Å². The van der Waals surface area contributed by atoms with Crippen molar-refractivity contribution in [1.82, 2.24) is 5.32 Å². The van der Waals surface area contributed by atoms with Crippen LogP contribution >= 0.6 is 11.3 Å². The highest BCUT2D eigenvalue weighted by molar-refractivity contribution is 7.07. The summed E-state index contributed by atoms with van der Waals surface area (Å²) in [6.45, 7) is 0.788. The molecule has 2 rings (SSSR count). The lowest BCUT2D eigenvalue weighted by Gasteiger charge is -2.14. The summed E-state index contributed by atoms with van der Waals surface area (Å²) in [7, 11) is 0. The molecule has 1 aromatic carbocycles. The Morgan fingerprint density at radius 3 is 2.70 bits per heavy atom. The third kappa shape index (κ3) is 4.06. The Labute approximate surface area is 118 Å². The topological polar surface area (TPSA) is 32.3 Å². The van der Waals surface area contributed by atoms with Gasteiger partial charge in [-0.25, -0.2) is 0 Å². The maximum Gasteiger partial charge on any atom is 0.416 e. The molecule has 1 unspecified atom stereocenters. The summed E-state index contributed by atoms with van der Waals surface area (Å²) in [6.07, 6.45) is -5.35. The van der Waals surface area contributed by atoms with E-state index in [4.69, 9.17) is 0 Å². The maximum atomic E-state index is 12.6. The lowest BCUT2D eigenvalue weighted by Crippen LogP contribution is -2.21. The minimum atomic E-state index is -4.39. The van der Waals surface area contributed by atoms with Crippen LogP contribution in [0.4, 0.5) is 13.2 Å². The molecular formula is C14H14F3NOS. The number of alkyl halides is 3. The number of halogens is 3. The van der Waals surface area contributed by atoms with Crippen molar-refractivity contribution in [2.45, 2.75) is 18.8 Å². The summed E-state index contributed by atoms with van der Waals surface area (Å²) in [5, 5.41) is 16.9. The van der Waals surface area contributed by atoms with Crippen molar-refractivity contribution in [2.24, 2.45) is 0 Å². The van der Waals surface area contributed by atoms with E-state index in [9.17, 15) is 18.3 Å². The van der Waals surface area contributed by atoms with Crippen molar-refractivity contribution in [3.8, 4) is 0 Å². The molecule has 0 bridgehead atoms. The third-order valence-corrected chi connectivity index (χ3v) is 3.58.